The lowest BCUT2D eigenvalue weighted by Gasteiger charge is -2.12. The van der Waals surface area contributed by atoms with Crippen LogP contribution in [0.15, 0.2) is 52.2 Å². The number of aromatic nitrogens is 2. The first-order valence-electron chi connectivity index (χ1n) is 7.87. The van der Waals surface area contributed by atoms with Gasteiger partial charge in [0.1, 0.15) is 0 Å². The van der Waals surface area contributed by atoms with Gasteiger partial charge < -0.3 is 9.73 Å². The molecule has 0 saturated heterocycles. The lowest BCUT2D eigenvalue weighted by Crippen LogP contribution is -2.31. The maximum atomic E-state index is 12.4. The van der Waals surface area contributed by atoms with E-state index in [0.717, 1.165) is 5.56 Å². The van der Waals surface area contributed by atoms with Crippen LogP contribution in [0.25, 0.3) is 11.2 Å². The Hall–Kier alpha value is -2.34. The molecule has 124 valence electrons. The molecule has 0 aliphatic carbocycles. The number of amides is 1. The molecule has 1 atom stereocenters. The van der Waals surface area contributed by atoms with E-state index >= 15 is 0 Å². The highest BCUT2D eigenvalue weighted by atomic mass is 32.2. The molecule has 0 aliphatic rings. The molecule has 1 amide bonds. The average Bonchev–Trinajstić information content (AvgIpc) is 3.01. The summed E-state index contributed by atoms with van der Waals surface area (Å²) in [6.07, 6.45) is 2.36. The number of benzene rings is 1. The fourth-order valence-electron chi connectivity index (χ4n) is 2.25. The van der Waals surface area contributed by atoms with Crippen molar-refractivity contribution in [3.8, 4) is 0 Å². The number of rotatable bonds is 6. The lowest BCUT2D eigenvalue weighted by atomic mass is 10.1. The molecule has 1 aromatic carbocycles. The maximum Gasteiger partial charge on any atom is 0.259 e. The Morgan fingerprint density at radius 3 is 2.79 bits per heavy atom. The predicted octanol–water partition coefficient (Wildman–Crippen LogP) is 3.72. The quantitative estimate of drug-likeness (QED) is 0.692. The molecule has 2 aromatic heterocycles. The number of hydrogen-bond donors (Lipinski definition) is 1. The van der Waals surface area contributed by atoms with E-state index in [2.05, 4.69) is 15.3 Å². The van der Waals surface area contributed by atoms with Crippen LogP contribution in [0.1, 0.15) is 24.5 Å². The van der Waals surface area contributed by atoms with Gasteiger partial charge in [0.15, 0.2) is 11.2 Å². The second-order valence-corrected chi connectivity index (χ2v) is 6.68. The van der Waals surface area contributed by atoms with Crippen molar-refractivity contribution in [3.63, 3.8) is 0 Å². The van der Waals surface area contributed by atoms with Crippen LogP contribution in [0.5, 0.6) is 0 Å². The molecule has 0 spiro atoms. The van der Waals surface area contributed by atoms with Crippen LogP contribution in [0, 0.1) is 6.92 Å². The van der Waals surface area contributed by atoms with Gasteiger partial charge in [-0.15, -0.1) is 0 Å². The number of hydrogen-bond acceptors (Lipinski definition) is 5. The highest BCUT2D eigenvalue weighted by molar-refractivity contribution is 8.00. The summed E-state index contributed by atoms with van der Waals surface area (Å²) >= 11 is 1.33. The first-order valence-corrected chi connectivity index (χ1v) is 8.75. The molecular formula is C18H19N3O2S. The Bertz CT molecular complexity index is 797. The predicted molar refractivity (Wildman–Crippen MR) is 94.8 cm³/mol. The van der Waals surface area contributed by atoms with E-state index in [1.165, 1.54) is 17.3 Å². The zero-order valence-corrected chi connectivity index (χ0v) is 14.5. The largest absolute Gasteiger partial charge is 0.430 e. The number of carbonyl (C=O) groups excluding carboxylic acids is 1. The van der Waals surface area contributed by atoms with Crippen molar-refractivity contribution in [1.29, 1.82) is 0 Å². The van der Waals surface area contributed by atoms with Crippen LogP contribution in [0.3, 0.4) is 0 Å². The van der Waals surface area contributed by atoms with Crippen LogP contribution < -0.4 is 5.32 Å². The molecular weight excluding hydrogens is 322 g/mol. The molecule has 6 heteroatoms. The zero-order valence-electron chi connectivity index (χ0n) is 13.7. The van der Waals surface area contributed by atoms with Gasteiger partial charge in [0, 0.05) is 12.7 Å². The van der Waals surface area contributed by atoms with E-state index in [1.54, 1.807) is 12.3 Å². The van der Waals surface area contributed by atoms with Gasteiger partial charge in [-0.25, -0.2) is 4.98 Å². The molecule has 24 heavy (non-hydrogen) atoms. The van der Waals surface area contributed by atoms with Gasteiger partial charge in [-0.05, 0) is 31.0 Å². The third kappa shape index (κ3) is 3.94. The third-order valence-corrected chi connectivity index (χ3v) is 4.85. The first-order chi connectivity index (χ1) is 11.7. The SMILES string of the molecule is CC[C@@H](Sc1nc2ncccc2o1)C(=O)NCc1ccc(C)cc1. The summed E-state index contributed by atoms with van der Waals surface area (Å²) in [4.78, 5) is 20.9. The van der Waals surface area contributed by atoms with E-state index in [0.29, 0.717) is 29.4 Å². The Labute approximate surface area is 144 Å². The van der Waals surface area contributed by atoms with Crippen LogP contribution >= 0.6 is 11.8 Å². The van der Waals surface area contributed by atoms with Crippen molar-refractivity contribution < 1.29 is 9.21 Å². The van der Waals surface area contributed by atoms with Gasteiger partial charge >= 0.3 is 0 Å². The summed E-state index contributed by atoms with van der Waals surface area (Å²) in [6, 6.07) is 11.7. The summed E-state index contributed by atoms with van der Waals surface area (Å²) in [5.74, 6) is -0.0155. The van der Waals surface area contributed by atoms with Gasteiger partial charge in [0.25, 0.3) is 5.22 Å². The Morgan fingerprint density at radius 2 is 2.08 bits per heavy atom. The van der Waals surface area contributed by atoms with E-state index in [4.69, 9.17) is 4.42 Å². The monoisotopic (exact) mass is 341 g/mol. The average molecular weight is 341 g/mol. The van der Waals surface area contributed by atoms with Crippen molar-refractivity contribution >= 4 is 28.9 Å². The number of carbonyl (C=O) groups is 1. The normalized spacial score (nSPS) is 12.2. The number of thioether (sulfide) groups is 1. The molecule has 1 N–H and O–H groups in total. The summed E-state index contributed by atoms with van der Waals surface area (Å²) in [6.45, 7) is 4.54. The van der Waals surface area contributed by atoms with Crippen LogP contribution in [0.2, 0.25) is 0 Å². The van der Waals surface area contributed by atoms with Crippen molar-refractivity contribution in [2.45, 2.75) is 37.3 Å². The minimum atomic E-state index is -0.247. The van der Waals surface area contributed by atoms with E-state index in [9.17, 15) is 4.79 Å². The Balaban J connectivity index is 1.62. The van der Waals surface area contributed by atoms with Crippen molar-refractivity contribution in [2.75, 3.05) is 0 Å². The molecule has 0 radical (unpaired) electrons. The second-order valence-electron chi connectivity index (χ2n) is 5.52. The molecule has 2 heterocycles. The summed E-state index contributed by atoms with van der Waals surface area (Å²) in [5.41, 5.74) is 3.49. The number of pyridine rings is 1. The molecule has 3 aromatic rings. The third-order valence-electron chi connectivity index (χ3n) is 3.64. The highest BCUT2D eigenvalue weighted by Gasteiger charge is 2.21. The standard InChI is InChI=1S/C18H19N3O2S/c1-3-15(17(22)20-11-13-8-6-12(2)7-9-13)24-18-21-16-14(23-18)5-4-10-19-16/h4-10,15H,3,11H2,1-2H3,(H,20,22)/t15-/m1/s1. The van der Waals surface area contributed by atoms with Gasteiger partial charge in [-0.3, -0.25) is 4.79 Å². The van der Waals surface area contributed by atoms with Crippen molar-refractivity contribution in [1.82, 2.24) is 15.3 Å². The molecule has 0 aliphatic heterocycles. The smallest absolute Gasteiger partial charge is 0.259 e. The number of oxazole rings is 1. The number of fused-ring (bicyclic) bond motifs is 1. The van der Waals surface area contributed by atoms with E-state index < -0.39 is 0 Å². The lowest BCUT2D eigenvalue weighted by molar-refractivity contribution is -0.120. The van der Waals surface area contributed by atoms with E-state index in [-0.39, 0.29) is 11.2 Å². The number of nitrogens with one attached hydrogen (secondary N) is 1. The van der Waals surface area contributed by atoms with Crippen molar-refractivity contribution in [2.24, 2.45) is 0 Å². The minimum absolute atomic E-state index is 0.0155. The Kier molecular flexibility index (Phi) is 5.15. The second kappa shape index (κ2) is 7.49. The number of aryl methyl sites for hydroxylation is 1. The summed E-state index contributed by atoms with van der Waals surface area (Å²) in [5, 5.41) is 3.21. The molecule has 5 nitrogen and oxygen atoms in total. The summed E-state index contributed by atoms with van der Waals surface area (Å²) < 4.78 is 5.64. The molecule has 0 saturated carbocycles. The maximum absolute atomic E-state index is 12.4. The van der Waals surface area contributed by atoms with Gasteiger partial charge in [0.2, 0.25) is 5.91 Å². The minimum Gasteiger partial charge on any atom is -0.430 e. The molecule has 3 rings (SSSR count). The van der Waals surface area contributed by atoms with E-state index in [1.807, 2.05) is 44.2 Å². The van der Waals surface area contributed by atoms with Crippen LogP contribution in [0.4, 0.5) is 0 Å². The fourth-order valence-corrected chi connectivity index (χ4v) is 3.13. The zero-order chi connectivity index (χ0) is 16.9. The first kappa shape index (κ1) is 16.5. The molecule has 0 bridgehead atoms. The molecule has 0 unspecified atom stereocenters. The Morgan fingerprint density at radius 1 is 1.29 bits per heavy atom. The van der Waals surface area contributed by atoms with Crippen LogP contribution in [-0.4, -0.2) is 21.1 Å². The van der Waals surface area contributed by atoms with Crippen LogP contribution in [-0.2, 0) is 11.3 Å². The van der Waals surface area contributed by atoms with Gasteiger partial charge in [-0.2, -0.15) is 4.98 Å². The topological polar surface area (TPSA) is 68.0 Å². The number of nitrogens with zero attached hydrogens (tertiary/aromatic N) is 2. The molecule has 0 fully saturated rings. The summed E-state index contributed by atoms with van der Waals surface area (Å²) in [7, 11) is 0. The van der Waals surface area contributed by atoms with Gasteiger partial charge in [0.05, 0.1) is 5.25 Å². The van der Waals surface area contributed by atoms with Crippen molar-refractivity contribution in [3.05, 3.63) is 53.7 Å². The highest BCUT2D eigenvalue weighted by Crippen LogP contribution is 2.27. The van der Waals surface area contributed by atoms with Gasteiger partial charge in [-0.1, -0.05) is 48.5 Å². The fraction of sp³-hybridized carbons (Fsp3) is 0.278.